The first-order chi connectivity index (χ1) is 16.1. The summed E-state index contributed by atoms with van der Waals surface area (Å²) in [6, 6.07) is 29.0. The van der Waals surface area contributed by atoms with Gasteiger partial charge < -0.3 is 15.0 Å². The van der Waals surface area contributed by atoms with Crippen LogP contribution in [0.4, 0.5) is 11.4 Å². The Bertz CT molecular complexity index is 1450. The van der Waals surface area contributed by atoms with E-state index < -0.39 is 0 Å². The summed E-state index contributed by atoms with van der Waals surface area (Å²) in [7, 11) is 0. The summed E-state index contributed by atoms with van der Waals surface area (Å²) < 4.78 is 2.23. The van der Waals surface area contributed by atoms with Gasteiger partial charge in [0, 0.05) is 11.4 Å². The van der Waals surface area contributed by atoms with E-state index in [4.69, 9.17) is 4.98 Å². The Hall–Kier alpha value is -3.96. The number of benzene rings is 4. The van der Waals surface area contributed by atoms with Gasteiger partial charge in [0.05, 0.1) is 46.6 Å². The maximum atomic E-state index is 9.42. The van der Waals surface area contributed by atoms with Gasteiger partial charge in [0.15, 0.2) is 0 Å². The molecule has 5 rings (SSSR count). The molecule has 1 aliphatic heterocycles. The van der Waals surface area contributed by atoms with Gasteiger partial charge in [-0.2, -0.15) is 0 Å². The van der Waals surface area contributed by atoms with Crippen LogP contribution < -0.4 is 10.7 Å². The summed E-state index contributed by atoms with van der Waals surface area (Å²) in [4.78, 5) is 9.63. The number of aliphatic hydroxyl groups is 1. The number of para-hydroxylation sites is 2. The molecule has 5 heteroatoms. The van der Waals surface area contributed by atoms with Crippen molar-refractivity contribution in [3.63, 3.8) is 0 Å². The van der Waals surface area contributed by atoms with Crippen molar-refractivity contribution in [1.82, 2.24) is 9.55 Å². The first-order valence-electron chi connectivity index (χ1n) is 11.1. The predicted octanol–water partition coefficient (Wildman–Crippen LogP) is 5.38. The summed E-state index contributed by atoms with van der Waals surface area (Å²) in [5.74, 6) is 0. The van der Waals surface area contributed by atoms with Crippen molar-refractivity contribution in [1.29, 1.82) is 0 Å². The molecule has 2 N–H and O–H groups in total. The molecule has 0 atom stereocenters. The molecule has 0 aromatic heterocycles. The number of anilines is 2. The third-order valence-corrected chi connectivity index (χ3v) is 5.70. The van der Waals surface area contributed by atoms with Crippen LogP contribution in [-0.4, -0.2) is 27.8 Å². The Labute approximate surface area is 193 Å². The molecule has 33 heavy (non-hydrogen) atoms. The van der Waals surface area contributed by atoms with E-state index in [9.17, 15) is 5.11 Å². The van der Waals surface area contributed by atoms with Crippen molar-refractivity contribution in [2.24, 2.45) is 4.99 Å². The van der Waals surface area contributed by atoms with Crippen molar-refractivity contribution < 1.29 is 5.11 Å². The standard InChI is InChI=1S/C28H26N4O/c1-19-7-11-21(12-8-19)30-25-17-26-28(18-24(25)29-15-16-33)32(22-13-9-20(2)10-14-22)27-6-4-3-5-23(27)31-26/h3-14,17-18,30,33H,15-16H2,1-2H3. The minimum absolute atomic E-state index is 0.00403. The molecule has 3 aromatic rings. The molecule has 0 amide bonds. The second-order valence-electron chi connectivity index (χ2n) is 8.23. The number of aromatic nitrogens is 2. The van der Waals surface area contributed by atoms with Crippen molar-refractivity contribution in [3.8, 4) is 17.1 Å². The monoisotopic (exact) mass is 434 g/mol. The summed E-state index contributed by atoms with van der Waals surface area (Å²) in [6.45, 7) is 4.49. The van der Waals surface area contributed by atoms with Crippen LogP contribution in [0, 0.1) is 13.8 Å². The quantitative estimate of drug-likeness (QED) is 0.365. The zero-order valence-corrected chi connectivity index (χ0v) is 18.8. The average molecular weight is 435 g/mol. The second kappa shape index (κ2) is 8.88. The summed E-state index contributed by atoms with van der Waals surface area (Å²) >= 11 is 0. The van der Waals surface area contributed by atoms with Gasteiger partial charge in [0.2, 0.25) is 0 Å². The summed E-state index contributed by atoms with van der Waals surface area (Å²) in [6.07, 6.45) is 0. The van der Waals surface area contributed by atoms with Crippen molar-refractivity contribution in [3.05, 3.63) is 101 Å². The number of aliphatic hydroxyl groups excluding tert-OH is 1. The minimum Gasteiger partial charge on any atom is -0.394 e. The normalized spacial score (nSPS) is 11.9. The molecule has 0 radical (unpaired) electrons. The molecule has 0 fully saturated rings. The number of rotatable bonds is 5. The van der Waals surface area contributed by atoms with Gasteiger partial charge in [-0.1, -0.05) is 47.5 Å². The first-order valence-corrected chi connectivity index (χ1v) is 11.1. The van der Waals surface area contributed by atoms with Crippen LogP contribution in [-0.2, 0) is 0 Å². The van der Waals surface area contributed by atoms with Gasteiger partial charge >= 0.3 is 0 Å². The highest BCUT2D eigenvalue weighted by molar-refractivity contribution is 5.84. The van der Waals surface area contributed by atoms with Crippen LogP contribution in [0.2, 0.25) is 0 Å². The van der Waals surface area contributed by atoms with E-state index in [-0.39, 0.29) is 6.61 Å². The number of fused-ring (bicyclic) bond motifs is 2. The van der Waals surface area contributed by atoms with Crippen LogP contribution in [0.15, 0.2) is 89.9 Å². The predicted molar refractivity (Wildman–Crippen MR) is 134 cm³/mol. The lowest BCUT2D eigenvalue weighted by molar-refractivity contribution is 0.306. The third kappa shape index (κ3) is 4.23. The van der Waals surface area contributed by atoms with Crippen LogP contribution in [0.1, 0.15) is 11.1 Å². The van der Waals surface area contributed by atoms with Crippen LogP contribution in [0.3, 0.4) is 0 Å². The van der Waals surface area contributed by atoms with Crippen LogP contribution >= 0.6 is 0 Å². The second-order valence-corrected chi connectivity index (χ2v) is 8.23. The molecule has 0 bridgehead atoms. The number of nitrogens with one attached hydrogen (secondary N) is 1. The van der Waals surface area contributed by atoms with E-state index in [2.05, 4.69) is 89.4 Å². The summed E-state index contributed by atoms with van der Waals surface area (Å²) in [5, 5.41) is 13.7. The smallest absolute Gasteiger partial charge is 0.0900 e. The fourth-order valence-electron chi connectivity index (χ4n) is 4.01. The van der Waals surface area contributed by atoms with E-state index in [1.807, 2.05) is 24.3 Å². The number of hydrogen-bond donors (Lipinski definition) is 2. The molecular weight excluding hydrogens is 408 g/mol. The van der Waals surface area contributed by atoms with Crippen molar-refractivity contribution >= 4 is 22.4 Å². The lowest BCUT2D eigenvalue weighted by atomic mass is 10.1. The number of nitrogens with zero attached hydrogens (tertiary/aromatic N) is 3. The number of hydrogen-bond acceptors (Lipinski definition) is 4. The zero-order valence-electron chi connectivity index (χ0n) is 18.8. The molecule has 0 unspecified atom stereocenters. The van der Waals surface area contributed by atoms with Gasteiger partial charge in [-0.3, -0.25) is 4.99 Å². The van der Waals surface area contributed by atoms with E-state index in [1.54, 1.807) is 0 Å². The molecule has 3 aromatic carbocycles. The molecule has 0 saturated carbocycles. The maximum absolute atomic E-state index is 9.42. The van der Waals surface area contributed by atoms with E-state index >= 15 is 0 Å². The Morgan fingerprint density at radius 1 is 0.879 bits per heavy atom. The average Bonchev–Trinajstić information content (AvgIpc) is 2.83. The first kappa shape index (κ1) is 20.9. The number of aryl methyl sites for hydroxylation is 2. The van der Waals surface area contributed by atoms with Crippen molar-refractivity contribution in [2.45, 2.75) is 13.8 Å². The lowest BCUT2D eigenvalue weighted by Crippen LogP contribution is -2.16. The highest BCUT2D eigenvalue weighted by Crippen LogP contribution is 2.30. The highest BCUT2D eigenvalue weighted by Gasteiger charge is 2.16. The van der Waals surface area contributed by atoms with Crippen LogP contribution in [0.5, 0.6) is 0 Å². The third-order valence-electron chi connectivity index (χ3n) is 5.70. The maximum Gasteiger partial charge on any atom is 0.0900 e. The zero-order chi connectivity index (χ0) is 22.8. The largest absolute Gasteiger partial charge is 0.394 e. The molecule has 1 heterocycles. The highest BCUT2D eigenvalue weighted by atomic mass is 16.3. The Kier molecular flexibility index (Phi) is 5.63. The van der Waals surface area contributed by atoms with Gasteiger partial charge in [-0.15, -0.1) is 0 Å². The molecule has 1 aliphatic carbocycles. The van der Waals surface area contributed by atoms with E-state index in [0.717, 1.165) is 44.8 Å². The molecular formula is C28H26N4O. The van der Waals surface area contributed by atoms with Crippen molar-refractivity contribution in [2.75, 3.05) is 18.5 Å². The van der Waals surface area contributed by atoms with Gasteiger partial charge in [-0.25, -0.2) is 4.98 Å². The molecule has 164 valence electrons. The Balaban J connectivity index is 1.78. The molecule has 0 saturated heterocycles. The van der Waals surface area contributed by atoms with Gasteiger partial charge in [-0.05, 0) is 62.4 Å². The topological polar surface area (TPSA) is 62.4 Å². The van der Waals surface area contributed by atoms with E-state index in [0.29, 0.717) is 6.54 Å². The lowest BCUT2D eigenvalue weighted by Gasteiger charge is -2.20. The summed E-state index contributed by atoms with van der Waals surface area (Å²) in [5.41, 5.74) is 9.10. The Morgan fingerprint density at radius 2 is 1.58 bits per heavy atom. The van der Waals surface area contributed by atoms with Gasteiger partial charge in [0.25, 0.3) is 0 Å². The molecule has 2 aliphatic rings. The fraction of sp³-hybridized carbons (Fsp3) is 0.143. The van der Waals surface area contributed by atoms with E-state index in [1.165, 1.54) is 11.1 Å². The molecule has 0 spiro atoms. The van der Waals surface area contributed by atoms with Crippen LogP contribution in [0.25, 0.3) is 28.1 Å². The minimum atomic E-state index is -0.00403. The SMILES string of the molecule is Cc1ccc(Nc2cc3nc4ccccc4n(-c4ccc(C)cc4)c-3cc2=NCCO)cc1. The molecule has 5 nitrogen and oxygen atoms in total. The fourth-order valence-corrected chi connectivity index (χ4v) is 4.01. The van der Waals surface area contributed by atoms with Gasteiger partial charge in [0.1, 0.15) is 0 Å². The Morgan fingerprint density at radius 3 is 2.30 bits per heavy atom.